The molecule has 0 bridgehead atoms. The lowest BCUT2D eigenvalue weighted by Crippen LogP contribution is -2.18. The number of nitrogens with one attached hydrogen (secondary N) is 1. The first kappa shape index (κ1) is 11.9. The SMILES string of the molecule is CC(C)(O)c1c(N)cc2[nH]cc(C3CC3)c2c1Cl. The van der Waals surface area contributed by atoms with Crippen LogP contribution < -0.4 is 5.73 Å². The summed E-state index contributed by atoms with van der Waals surface area (Å²) >= 11 is 6.49. The summed E-state index contributed by atoms with van der Waals surface area (Å²) in [7, 11) is 0. The second-order valence-electron chi connectivity index (χ2n) is 5.65. The second kappa shape index (κ2) is 3.65. The quantitative estimate of drug-likeness (QED) is 0.727. The van der Waals surface area contributed by atoms with Gasteiger partial charge in [0.1, 0.15) is 0 Å². The fourth-order valence-electron chi connectivity index (χ4n) is 2.63. The summed E-state index contributed by atoms with van der Waals surface area (Å²) in [5.74, 6) is 0.606. The van der Waals surface area contributed by atoms with Gasteiger partial charge in [-0.3, -0.25) is 0 Å². The van der Waals surface area contributed by atoms with Crippen molar-refractivity contribution in [1.29, 1.82) is 0 Å². The minimum Gasteiger partial charge on any atom is -0.398 e. The Hall–Kier alpha value is -1.19. The molecule has 1 aliphatic rings. The topological polar surface area (TPSA) is 62.0 Å². The fraction of sp³-hybridized carbons (Fsp3) is 0.429. The summed E-state index contributed by atoms with van der Waals surface area (Å²) in [5.41, 5.74) is 8.33. The molecule has 0 amide bonds. The van der Waals surface area contributed by atoms with E-state index in [1.54, 1.807) is 13.8 Å². The maximum atomic E-state index is 10.2. The molecule has 1 heterocycles. The van der Waals surface area contributed by atoms with Crippen LogP contribution in [0.5, 0.6) is 0 Å². The number of rotatable bonds is 2. The van der Waals surface area contributed by atoms with Crippen molar-refractivity contribution in [2.75, 3.05) is 5.73 Å². The van der Waals surface area contributed by atoms with Crippen LogP contribution in [0.1, 0.15) is 43.7 Å². The Balaban J connectivity index is 2.34. The summed E-state index contributed by atoms with van der Waals surface area (Å²) in [6.07, 6.45) is 4.44. The van der Waals surface area contributed by atoms with Gasteiger partial charge in [0, 0.05) is 28.4 Å². The van der Waals surface area contributed by atoms with Crippen LogP contribution in [0, 0.1) is 0 Å². The van der Waals surface area contributed by atoms with Crippen molar-refractivity contribution in [2.45, 2.75) is 38.2 Å². The first-order chi connectivity index (χ1) is 8.39. The van der Waals surface area contributed by atoms with Crippen molar-refractivity contribution < 1.29 is 5.11 Å². The summed E-state index contributed by atoms with van der Waals surface area (Å²) in [6.45, 7) is 3.42. The van der Waals surface area contributed by atoms with Crippen molar-refractivity contribution in [2.24, 2.45) is 0 Å². The van der Waals surface area contributed by atoms with Gasteiger partial charge in [0.2, 0.25) is 0 Å². The number of aromatic nitrogens is 1. The van der Waals surface area contributed by atoms with Gasteiger partial charge >= 0.3 is 0 Å². The number of hydrogen-bond acceptors (Lipinski definition) is 2. The number of nitrogens with two attached hydrogens (primary N) is 1. The molecule has 1 fully saturated rings. The predicted octanol–water partition coefficient (Wildman–Crippen LogP) is 3.51. The highest BCUT2D eigenvalue weighted by molar-refractivity contribution is 6.37. The molecule has 1 saturated carbocycles. The van der Waals surface area contributed by atoms with Gasteiger partial charge in [0.25, 0.3) is 0 Å². The number of nitrogen functional groups attached to an aromatic ring is 1. The largest absolute Gasteiger partial charge is 0.398 e. The van der Waals surface area contributed by atoms with E-state index in [1.807, 2.05) is 12.3 Å². The zero-order chi connectivity index (χ0) is 13.1. The number of anilines is 1. The summed E-state index contributed by atoms with van der Waals surface area (Å²) < 4.78 is 0. The number of H-pyrrole nitrogens is 1. The Morgan fingerprint density at radius 2 is 2.11 bits per heavy atom. The zero-order valence-corrected chi connectivity index (χ0v) is 11.3. The summed E-state index contributed by atoms with van der Waals surface area (Å²) in [4.78, 5) is 3.22. The number of benzene rings is 1. The molecule has 3 rings (SSSR count). The molecular formula is C14H17ClN2O. The van der Waals surface area contributed by atoms with Gasteiger partial charge in [-0.25, -0.2) is 0 Å². The van der Waals surface area contributed by atoms with E-state index in [2.05, 4.69) is 4.98 Å². The molecule has 0 spiro atoms. The molecule has 1 aromatic carbocycles. The van der Waals surface area contributed by atoms with E-state index in [1.165, 1.54) is 18.4 Å². The second-order valence-corrected chi connectivity index (χ2v) is 6.03. The minimum atomic E-state index is -1.03. The van der Waals surface area contributed by atoms with Gasteiger partial charge in [-0.15, -0.1) is 0 Å². The number of aromatic amines is 1. The lowest BCUT2D eigenvalue weighted by molar-refractivity contribution is 0.0796. The van der Waals surface area contributed by atoms with Crippen LogP contribution >= 0.6 is 11.6 Å². The van der Waals surface area contributed by atoms with Crippen molar-refractivity contribution in [3.05, 3.63) is 28.4 Å². The highest BCUT2D eigenvalue weighted by atomic mass is 35.5. The van der Waals surface area contributed by atoms with Crippen molar-refractivity contribution in [3.63, 3.8) is 0 Å². The monoisotopic (exact) mass is 264 g/mol. The smallest absolute Gasteiger partial charge is 0.0875 e. The van der Waals surface area contributed by atoms with Gasteiger partial charge in [-0.1, -0.05) is 11.6 Å². The molecule has 1 aromatic heterocycles. The lowest BCUT2D eigenvalue weighted by atomic mass is 9.93. The van der Waals surface area contributed by atoms with Crippen LogP contribution in [0.25, 0.3) is 10.9 Å². The van der Waals surface area contributed by atoms with Crippen LogP contribution in [0.15, 0.2) is 12.3 Å². The molecule has 4 N–H and O–H groups in total. The van der Waals surface area contributed by atoms with Gasteiger partial charge < -0.3 is 15.8 Å². The van der Waals surface area contributed by atoms with Crippen LogP contribution in [0.2, 0.25) is 5.02 Å². The molecule has 18 heavy (non-hydrogen) atoms. The third-order valence-electron chi connectivity index (χ3n) is 3.60. The van der Waals surface area contributed by atoms with Gasteiger partial charge in [-0.05, 0) is 44.2 Å². The van der Waals surface area contributed by atoms with Gasteiger partial charge in [0.15, 0.2) is 0 Å². The Bertz CT molecular complexity index is 621. The molecule has 0 aliphatic heterocycles. The Labute approximate surface area is 111 Å². The maximum Gasteiger partial charge on any atom is 0.0875 e. The number of aliphatic hydroxyl groups is 1. The van der Waals surface area contributed by atoms with E-state index >= 15 is 0 Å². The first-order valence-electron chi connectivity index (χ1n) is 6.21. The molecule has 4 heteroatoms. The molecule has 96 valence electrons. The van der Waals surface area contributed by atoms with Crippen LogP contribution in [-0.4, -0.2) is 10.1 Å². The molecular weight excluding hydrogens is 248 g/mol. The molecule has 0 saturated heterocycles. The molecule has 0 unspecified atom stereocenters. The zero-order valence-electron chi connectivity index (χ0n) is 10.5. The van der Waals surface area contributed by atoms with Crippen molar-refractivity contribution >= 4 is 28.2 Å². The average Bonchev–Trinajstić information content (AvgIpc) is 2.97. The van der Waals surface area contributed by atoms with E-state index in [-0.39, 0.29) is 0 Å². The number of hydrogen-bond donors (Lipinski definition) is 3. The van der Waals surface area contributed by atoms with E-state index in [9.17, 15) is 5.11 Å². The van der Waals surface area contributed by atoms with Crippen LogP contribution in [-0.2, 0) is 5.60 Å². The highest BCUT2D eigenvalue weighted by Crippen LogP contribution is 2.47. The third kappa shape index (κ3) is 1.70. The highest BCUT2D eigenvalue weighted by Gasteiger charge is 2.30. The normalized spacial score (nSPS) is 16.4. The summed E-state index contributed by atoms with van der Waals surface area (Å²) in [5, 5.41) is 11.8. The third-order valence-corrected chi connectivity index (χ3v) is 3.98. The van der Waals surface area contributed by atoms with Crippen LogP contribution in [0.4, 0.5) is 5.69 Å². The van der Waals surface area contributed by atoms with Crippen LogP contribution in [0.3, 0.4) is 0 Å². The average molecular weight is 265 g/mol. The standard InChI is InChI=1S/C14H17ClN2O/c1-14(2,18)12-9(16)5-10-11(13(12)15)8(6-17-10)7-3-4-7/h5-7,17-18H,3-4,16H2,1-2H3. The fourth-order valence-corrected chi connectivity index (χ4v) is 3.18. The maximum absolute atomic E-state index is 10.2. The lowest BCUT2D eigenvalue weighted by Gasteiger charge is -2.22. The van der Waals surface area contributed by atoms with Gasteiger partial charge in [-0.2, -0.15) is 0 Å². The minimum absolute atomic E-state index is 0.532. The molecule has 0 radical (unpaired) electrons. The first-order valence-corrected chi connectivity index (χ1v) is 6.59. The Morgan fingerprint density at radius 3 is 2.67 bits per heavy atom. The van der Waals surface area contributed by atoms with E-state index in [0.717, 1.165) is 10.9 Å². The Morgan fingerprint density at radius 1 is 1.44 bits per heavy atom. The van der Waals surface area contributed by atoms with E-state index in [0.29, 0.717) is 22.2 Å². The van der Waals surface area contributed by atoms with Crippen molar-refractivity contribution in [3.8, 4) is 0 Å². The Kier molecular flexibility index (Phi) is 2.41. The van der Waals surface area contributed by atoms with Crippen molar-refractivity contribution in [1.82, 2.24) is 4.98 Å². The molecule has 3 nitrogen and oxygen atoms in total. The van der Waals surface area contributed by atoms with E-state index < -0.39 is 5.60 Å². The number of fused-ring (bicyclic) bond motifs is 1. The number of halogens is 1. The van der Waals surface area contributed by atoms with Gasteiger partial charge in [0.05, 0.1) is 10.6 Å². The molecule has 0 atom stereocenters. The molecule has 1 aliphatic carbocycles. The summed E-state index contributed by atoms with van der Waals surface area (Å²) in [6, 6.07) is 1.86. The predicted molar refractivity (Wildman–Crippen MR) is 74.9 cm³/mol. The molecule has 2 aromatic rings. The van der Waals surface area contributed by atoms with E-state index in [4.69, 9.17) is 17.3 Å².